The van der Waals surface area contributed by atoms with Crippen LogP contribution in [0.15, 0.2) is 60.7 Å². The molecule has 1 fully saturated rings. The first-order chi connectivity index (χ1) is 10.3. The summed E-state index contributed by atoms with van der Waals surface area (Å²) >= 11 is 0. The highest BCUT2D eigenvalue weighted by Crippen LogP contribution is 2.25. The lowest BCUT2D eigenvalue weighted by atomic mass is 10.2. The minimum atomic E-state index is 0.735. The van der Waals surface area contributed by atoms with Crippen LogP contribution < -0.4 is 4.90 Å². The van der Waals surface area contributed by atoms with E-state index in [0.717, 1.165) is 19.1 Å². The Labute approximate surface area is 128 Å². The van der Waals surface area contributed by atoms with Crippen molar-refractivity contribution >= 4 is 11.4 Å². The molecule has 0 saturated carbocycles. The van der Waals surface area contributed by atoms with Crippen molar-refractivity contribution in [2.75, 3.05) is 24.5 Å². The Hall–Kier alpha value is -1.80. The predicted molar refractivity (Wildman–Crippen MR) is 90.2 cm³/mol. The number of benzene rings is 2. The van der Waals surface area contributed by atoms with Gasteiger partial charge in [0.2, 0.25) is 0 Å². The molecule has 2 aromatic carbocycles. The zero-order chi connectivity index (χ0) is 14.5. The lowest BCUT2D eigenvalue weighted by Crippen LogP contribution is -2.34. The fourth-order valence-corrected chi connectivity index (χ4v) is 3.18. The maximum atomic E-state index is 2.61. The Kier molecular flexibility index (Phi) is 4.56. The van der Waals surface area contributed by atoms with E-state index in [1.165, 1.54) is 30.8 Å². The molecule has 0 radical (unpaired) electrons. The summed E-state index contributed by atoms with van der Waals surface area (Å²) in [6, 6.07) is 22.1. The molecule has 0 spiro atoms. The lowest BCUT2D eigenvalue weighted by molar-refractivity contribution is 0.276. The van der Waals surface area contributed by atoms with E-state index in [9.17, 15) is 0 Å². The van der Waals surface area contributed by atoms with Crippen molar-refractivity contribution in [1.82, 2.24) is 4.90 Å². The van der Waals surface area contributed by atoms with E-state index in [4.69, 9.17) is 0 Å². The third-order valence-corrected chi connectivity index (χ3v) is 4.44. The van der Waals surface area contributed by atoms with Gasteiger partial charge in [0.05, 0.1) is 0 Å². The number of rotatable bonds is 5. The third-order valence-electron chi connectivity index (χ3n) is 4.44. The molecular formula is C19H24N2. The Morgan fingerprint density at radius 2 is 1.52 bits per heavy atom. The van der Waals surface area contributed by atoms with Crippen LogP contribution in [0, 0.1) is 0 Å². The maximum Gasteiger partial charge on any atom is 0.0411 e. The van der Waals surface area contributed by atoms with Gasteiger partial charge in [0, 0.05) is 30.5 Å². The number of nitrogens with zero attached hydrogens (tertiary/aromatic N) is 2. The molecule has 0 aliphatic carbocycles. The summed E-state index contributed by atoms with van der Waals surface area (Å²) in [5, 5.41) is 0. The van der Waals surface area contributed by atoms with Crippen LogP contribution in [0.5, 0.6) is 0 Å². The Morgan fingerprint density at radius 1 is 0.952 bits per heavy atom. The first-order valence-corrected chi connectivity index (χ1v) is 7.96. The smallest absolute Gasteiger partial charge is 0.0411 e. The van der Waals surface area contributed by atoms with Gasteiger partial charge in [0.25, 0.3) is 0 Å². The molecule has 0 aromatic heterocycles. The number of likely N-dealkylation sites (tertiary alicyclic amines) is 1. The van der Waals surface area contributed by atoms with E-state index in [0.29, 0.717) is 0 Å². The highest BCUT2D eigenvalue weighted by atomic mass is 15.2. The van der Waals surface area contributed by atoms with Crippen molar-refractivity contribution < 1.29 is 0 Å². The van der Waals surface area contributed by atoms with Crippen LogP contribution in [0.3, 0.4) is 0 Å². The van der Waals surface area contributed by atoms with Crippen LogP contribution in [0.4, 0.5) is 11.4 Å². The topological polar surface area (TPSA) is 6.48 Å². The third kappa shape index (κ3) is 3.45. The molecule has 0 amide bonds. The van der Waals surface area contributed by atoms with Gasteiger partial charge in [-0.25, -0.2) is 0 Å². The van der Waals surface area contributed by atoms with Gasteiger partial charge in [-0.3, -0.25) is 4.90 Å². The van der Waals surface area contributed by atoms with Crippen molar-refractivity contribution in [2.45, 2.75) is 25.8 Å². The number of anilines is 2. The van der Waals surface area contributed by atoms with Crippen LogP contribution >= 0.6 is 0 Å². The molecule has 0 bridgehead atoms. The van der Waals surface area contributed by atoms with Gasteiger partial charge in [-0.2, -0.15) is 0 Å². The van der Waals surface area contributed by atoms with Crippen molar-refractivity contribution in [3.05, 3.63) is 60.7 Å². The van der Waals surface area contributed by atoms with E-state index in [1.54, 1.807) is 0 Å². The van der Waals surface area contributed by atoms with Crippen molar-refractivity contribution in [2.24, 2.45) is 0 Å². The zero-order valence-corrected chi connectivity index (χ0v) is 12.8. The number of para-hydroxylation sites is 2. The summed E-state index contributed by atoms with van der Waals surface area (Å²) in [4.78, 5) is 5.03. The molecule has 1 aliphatic heterocycles. The number of hydrogen-bond donors (Lipinski definition) is 0. The summed E-state index contributed by atoms with van der Waals surface area (Å²) in [6.07, 6.45) is 2.69. The quantitative estimate of drug-likeness (QED) is 0.805. The molecule has 1 atom stereocenters. The van der Waals surface area contributed by atoms with Crippen molar-refractivity contribution in [3.8, 4) is 0 Å². The molecule has 2 nitrogen and oxygen atoms in total. The van der Waals surface area contributed by atoms with Crippen LogP contribution in [0.2, 0.25) is 0 Å². The standard InChI is InChI=1S/C19H24N2/c1-17-9-8-14-20(17)15-16-21(18-10-4-2-5-11-18)19-12-6-3-7-13-19/h2-7,10-13,17H,8-9,14-16H2,1H3. The predicted octanol–water partition coefficient (Wildman–Crippen LogP) is 4.31. The SMILES string of the molecule is CC1CCCN1CCN(c1ccccc1)c1ccccc1. The molecule has 2 aromatic rings. The van der Waals surface area contributed by atoms with Gasteiger partial charge >= 0.3 is 0 Å². The largest absolute Gasteiger partial charge is 0.340 e. The molecule has 110 valence electrons. The first kappa shape index (κ1) is 14.2. The summed E-state index contributed by atoms with van der Waals surface area (Å²) < 4.78 is 0. The van der Waals surface area contributed by atoms with Crippen molar-refractivity contribution in [1.29, 1.82) is 0 Å². The Bertz CT molecular complexity index is 499. The second-order valence-electron chi connectivity index (χ2n) is 5.85. The molecule has 1 saturated heterocycles. The average Bonchev–Trinajstić information content (AvgIpc) is 2.95. The minimum absolute atomic E-state index is 0.735. The summed E-state index contributed by atoms with van der Waals surface area (Å²) in [5.41, 5.74) is 2.55. The van der Waals surface area contributed by atoms with E-state index in [1.807, 2.05) is 0 Å². The molecule has 1 unspecified atom stereocenters. The number of hydrogen-bond acceptors (Lipinski definition) is 2. The molecule has 1 aliphatic rings. The molecular weight excluding hydrogens is 256 g/mol. The molecule has 1 heterocycles. The van der Waals surface area contributed by atoms with Gasteiger partial charge in [-0.05, 0) is 50.6 Å². The second kappa shape index (κ2) is 6.77. The van der Waals surface area contributed by atoms with Crippen LogP contribution in [-0.4, -0.2) is 30.6 Å². The van der Waals surface area contributed by atoms with Gasteiger partial charge in [-0.1, -0.05) is 36.4 Å². The average molecular weight is 280 g/mol. The summed E-state index contributed by atoms with van der Waals surface area (Å²) in [5.74, 6) is 0. The first-order valence-electron chi connectivity index (χ1n) is 7.96. The van der Waals surface area contributed by atoms with Crippen LogP contribution in [0.1, 0.15) is 19.8 Å². The Morgan fingerprint density at radius 3 is 2.00 bits per heavy atom. The summed E-state index contributed by atoms with van der Waals surface area (Å²) in [7, 11) is 0. The fraction of sp³-hybridized carbons (Fsp3) is 0.368. The molecule has 21 heavy (non-hydrogen) atoms. The Balaban J connectivity index is 1.76. The normalized spacial score (nSPS) is 18.8. The van der Waals surface area contributed by atoms with E-state index in [2.05, 4.69) is 77.4 Å². The van der Waals surface area contributed by atoms with Gasteiger partial charge in [0.1, 0.15) is 0 Å². The molecule has 0 N–H and O–H groups in total. The zero-order valence-electron chi connectivity index (χ0n) is 12.8. The van der Waals surface area contributed by atoms with E-state index in [-0.39, 0.29) is 0 Å². The van der Waals surface area contributed by atoms with Crippen LogP contribution in [0.25, 0.3) is 0 Å². The lowest BCUT2D eigenvalue weighted by Gasteiger charge is -2.29. The summed E-state index contributed by atoms with van der Waals surface area (Å²) in [6.45, 7) is 5.77. The van der Waals surface area contributed by atoms with Gasteiger partial charge < -0.3 is 4.90 Å². The van der Waals surface area contributed by atoms with E-state index >= 15 is 0 Å². The second-order valence-corrected chi connectivity index (χ2v) is 5.85. The molecule has 3 rings (SSSR count). The van der Waals surface area contributed by atoms with Gasteiger partial charge in [0.15, 0.2) is 0 Å². The highest BCUT2D eigenvalue weighted by Gasteiger charge is 2.20. The minimum Gasteiger partial charge on any atom is -0.340 e. The van der Waals surface area contributed by atoms with Gasteiger partial charge in [-0.15, -0.1) is 0 Å². The van der Waals surface area contributed by atoms with Crippen LogP contribution in [-0.2, 0) is 0 Å². The molecule has 2 heteroatoms. The highest BCUT2D eigenvalue weighted by molar-refractivity contribution is 5.62. The van der Waals surface area contributed by atoms with E-state index < -0.39 is 0 Å². The van der Waals surface area contributed by atoms with Crippen molar-refractivity contribution in [3.63, 3.8) is 0 Å². The maximum absolute atomic E-state index is 2.61. The fourth-order valence-electron chi connectivity index (χ4n) is 3.18. The monoisotopic (exact) mass is 280 g/mol.